The van der Waals surface area contributed by atoms with Gasteiger partial charge in [-0.15, -0.1) is 0 Å². The van der Waals surface area contributed by atoms with E-state index in [4.69, 9.17) is 0 Å². The maximum absolute atomic E-state index is 11.4. The Kier molecular flexibility index (Phi) is 3.46. The lowest BCUT2D eigenvalue weighted by molar-refractivity contribution is 0.0700. The first-order valence-corrected chi connectivity index (χ1v) is 7.94. The predicted octanol–water partition coefficient (Wildman–Crippen LogP) is 2.10. The van der Waals surface area contributed by atoms with Crippen LogP contribution in [-0.4, -0.2) is 54.2 Å². The molecular weight excluding hydrogens is 274 g/mol. The summed E-state index contributed by atoms with van der Waals surface area (Å²) in [7, 11) is 4.20. The monoisotopic (exact) mass is 295 g/mol. The highest BCUT2D eigenvalue weighted by atomic mass is 32.1. The summed E-state index contributed by atoms with van der Waals surface area (Å²) in [5, 5.41) is 10.2. The van der Waals surface area contributed by atoms with Crippen molar-refractivity contribution in [1.82, 2.24) is 9.88 Å². The standard InChI is InChI=1S/C14H21N3O2S/c1-8-6-17(7-10(8)16(2)3)14-15-11(9-4-5-9)12(20-14)13(18)19/h8-10H,4-7H2,1-3H3,(H,18,19). The third kappa shape index (κ3) is 2.42. The maximum Gasteiger partial charge on any atom is 0.347 e. The summed E-state index contributed by atoms with van der Waals surface area (Å²) in [5.74, 6) is 0.134. The molecule has 1 aliphatic heterocycles. The van der Waals surface area contributed by atoms with Crippen molar-refractivity contribution >= 4 is 22.4 Å². The first-order valence-electron chi connectivity index (χ1n) is 7.12. The molecule has 2 fully saturated rings. The van der Waals surface area contributed by atoms with E-state index in [0.717, 1.165) is 36.8 Å². The molecule has 6 heteroatoms. The van der Waals surface area contributed by atoms with E-state index in [1.54, 1.807) is 0 Å². The number of anilines is 1. The number of carbonyl (C=O) groups is 1. The molecule has 3 rings (SSSR count). The Morgan fingerprint density at radius 1 is 1.40 bits per heavy atom. The second kappa shape index (κ2) is 5.00. The van der Waals surface area contributed by atoms with Crippen LogP contribution in [0.15, 0.2) is 0 Å². The summed E-state index contributed by atoms with van der Waals surface area (Å²) in [6.45, 7) is 4.14. The number of likely N-dealkylation sites (N-methyl/N-ethyl adjacent to an activating group) is 1. The lowest BCUT2D eigenvalue weighted by atomic mass is 10.1. The largest absolute Gasteiger partial charge is 0.477 e. The van der Waals surface area contributed by atoms with Crippen LogP contribution < -0.4 is 4.90 Å². The van der Waals surface area contributed by atoms with Gasteiger partial charge in [0.05, 0.1) is 5.69 Å². The average Bonchev–Trinajstić information content (AvgIpc) is 2.99. The van der Waals surface area contributed by atoms with E-state index in [9.17, 15) is 9.90 Å². The number of hydrogen-bond donors (Lipinski definition) is 1. The lowest BCUT2D eigenvalue weighted by Gasteiger charge is -2.22. The molecule has 0 radical (unpaired) electrons. The van der Waals surface area contributed by atoms with E-state index in [1.165, 1.54) is 11.3 Å². The zero-order valence-corrected chi connectivity index (χ0v) is 13.0. The van der Waals surface area contributed by atoms with Gasteiger partial charge < -0.3 is 14.9 Å². The number of thiazole rings is 1. The molecule has 2 atom stereocenters. The van der Waals surface area contributed by atoms with Gasteiger partial charge in [-0.2, -0.15) is 0 Å². The second-order valence-corrected chi connectivity index (χ2v) is 7.18. The molecule has 0 amide bonds. The minimum atomic E-state index is -0.827. The topological polar surface area (TPSA) is 56.7 Å². The van der Waals surface area contributed by atoms with Crippen LogP contribution in [0.25, 0.3) is 0 Å². The van der Waals surface area contributed by atoms with Crippen LogP contribution in [0.4, 0.5) is 5.13 Å². The molecule has 1 aromatic rings. The van der Waals surface area contributed by atoms with E-state index in [-0.39, 0.29) is 0 Å². The van der Waals surface area contributed by atoms with Crippen molar-refractivity contribution < 1.29 is 9.90 Å². The third-order valence-electron chi connectivity index (χ3n) is 4.31. The van der Waals surface area contributed by atoms with Crippen LogP contribution in [-0.2, 0) is 0 Å². The number of carboxylic acid groups (broad SMARTS) is 1. The number of nitrogens with zero attached hydrogens (tertiary/aromatic N) is 3. The molecule has 0 spiro atoms. The van der Waals surface area contributed by atoms with Gasteiger partial charge in [0.25, 0.3) is 0 Å². The Balaban J connectivity index is 1.84. The van der Waals surface area contributed by atoms with Crippen molar-refractivity contribution in [3.05, 3.63) is 10.6 Å². The van der Waals surface area contributed by atoms with Crippen LogP contribution in [0.1, 0.15) is 41.0 Å². The zero-order valence-electron chi connectivity index (χ0n) is 12.2. The molecule has 20 heavy (non-hydrogen) atoms. The summed E-state index contributed by atoms with van der Waals surface area (Å²) in [6, 6.07) is 0.511. The highest BCUT2D eigenvalue weighted by molar-refractivity contribution is 7.17. The summed E-state index contributed by atoms with van der Waals surface area (Å²) >= 11 is 1.35. The quantitative estimate of drug-likeness (QED) is 0.922. The predicted molar refractivity (Wildman–Crippen MR) is 79.9 cm³/mol. The fraction of sp³-hybridized carbons (Fsp3) is 0.714. The zero-order chi connectivity index (χ0) is 14.4. The highest BCUT2D eigenvalue weighted by Gasteiger charge is 2.36. The number of aromatic nitrogens is 1. The fourth-order valence-corrected chi connectivity index (χ4v) is 4.03. The Hall–Kier alpha value is -1.14. The second-order valence-electron chi connectivity index (χ2n) is 6.20. The van der Waals surface area contributed by atoms with Crippen LogP contribution in [0, 0.1) is 5.92 Å². The molecule has 2 heterocycles. The molecule has 1 saturated carbocycles. The molecule has 1 saturated heterocycles. The van der Waals surface area contributed by atoms with E-state index >= 15 is 0 Å². The summed E-state index contributed by atoms with van der Waals surface area (Å²) in [5.41, 5.74) is 0.818. The third-order valence-corrected chi connectivity index (χ3v) is 5.43. The Bertz CT molecular complexity index is 524. The molecule has 2 aliphatic rings. The van der Waals surface area contributed by atoms with Gasteiger partial charge in [0.15, 0.2) is 5.13 Å². The van der Waals surface area contributed by atoms with E-state index in [2.05, 4.69) is 35.8 Å². The summed E-state index contributed by atoms with van der Waals surface area (Å²) < 4.78 is 0. The number of carboxylic acids is 1. The smallest absolute Gasteiger partial charge is 0.347 e. The Labute approximate surface area is 123 Å². The van der Waals surface area contributed by atoms with Crippen molar-refractivity contribution in [1.29, 1.82) is 0 Å². The van der Waals surface area contributed by atoms with Gasteiger partial charge in [0, 0.05) is 25.0 Å². The van der Waals surface area contributed by atoms with E-state index in [1.807, 2.05) is 0 Å². The molecule has 110 valence electrons. The first kappa shape index (κ1) is 13.8. The maximum atomic E-state index is 11.4. The molecule has 1 aromatic heterocycles. The van der Waals surface area contributed by atoms with Crippen LogP contribution in [0.3, 0.4) is 0 Å². The summed E-state index contributed by atoms with van der Waals surface area (Å²) in [6.07, 6.45) is 2.17. The minimum Gasteiger partial charge on any atom is -0.477 e. The van der Waals surface area contributed by atoms with Crippen molar-refractivity contribution in [2.45, 2.75) is 31.7 Å². The molecular formula is C14H21N3O2S. The molecule has 0 aromatic carbocycles. The Morgan fingerprint density at radius 2 is 2.10 bits per heavy atom. The molecule has 5 nitrogen and oxygen atoms in total. The molecule has 1 aliphatic carbocycles. The van der Waals surface area contributed by atoms with Gasteiger partial charge in [0.1, 0.15) is 4.88 Å². The molecule has 2 unspecified atom stereocenters. The molecule has 0 bridgehead atoms. The van der Waals surface area contributed by atoms with E-state index in [0.29, 0.717) is 22.8 Å². The summed E-state index contributed by atoms with van der Waals surface area (Å²) in [4.78, 5) is 21.0. The molecule has 1 N–H and O–H groups in total. The van der Waals surface area contributed by atoms with Gasteiger partial charge in [-0.25, -0.2) is 9.78 Å². The van der Waals surface area contributed by atoms with Gasteiger partial charge in [-0.3, -0.25) is 0 Å². The lowest BCUT2D eigenvalue weighted by Crippen LogP contribution is -2.34. The fourth-order valence-electron chi connectivity index (χ4n) is 3.02. The van der Waals surface area contributed by atoms with Crippen molar-refractivity contribution in [2.75, 3.05) is 32.1 Å². The van der Waals surface area contributed by atoms with Gasteiger partial charge in [-0.1, -0.05) is 18.3 Å². The van der Waals surface area contributed by atoms with Gasteiger partial charge in [-0.05, 0) is 32.9 Å². The van der Waals surface area contributed by atoms with Crippen molar-refractivity contribution in [2.24, 2.45) is 5.92 Å². The van der Waals surface area contributed by atoms with Crippen molar-refractivity contribution in [3.63, 3.8) is 0 Å². The number of hydrogen-bond acceptors (Lipinski definition) is 5. The van der Waals surface area contributed by atoms with Crippen molar-refractivity contribution in [3.8, 4) is 0 Å². The van der Waals surface area contributed by atoms with Crippen LogP contribution in [0.2, 0.25) is 0 Å². The first-order chi connectivity index (χ1) is 9.47. The number of aromatic carboxylic acids is 1. The van der Waals surface area contributed by atoms with E-state index < -0.39 is 5.97 Å². The van der Waals surface area contributed by atoms with Gasteiger partial charge in [0.2, 0.25) is 0 Å². The van der Waals surface area contributed by atoms with Crippen LogP contribution in [0.5, 0.6) is 0 Å². The average molecular weight is 295 g/mol. The highest BCUT2D eigenvalue weighted by Crippen LogP contribution is 2.44. The number of rotatable bonds is 4. The minimum absolute atomic E-state index is 0.385. The SMILES string of the molecule is CC1CN(c2nc(C3CC3)c(C(=O)O)s2)CC1N(C)C. The van der Waals surface area contributed by atoms with Gasteiger partial charge >= 0.3 is 5.97 Å². The normalized spacial score (nSPS) is 26.5. The Morgan fingerprint density at radius 3 is 2.60 bits per heavy atom. The van der Waals surface area contributed by atoms with Crippen LogP contribution >= 0.6 is 11.3 Å².